The topological polar surface area (TPSA) is 92.9 Å². The second-order valence-corrected chi connectivity index (χ2v) is 8.62. The summed E-state index contributed by atoms with van der Waals surface area (Å²) in [5.74, 6) is -0.504. The van der Waals surface area contributed by atoms with Gasteiger partial charge in [0, 0.05) is 16.1 Å². The number of rotatable bonds is 5. The van der Waals surface area contributed by atoms with E-state index in [0.717, 1.165) is 4.47 Å². The smallest absolute Gasteiger partial charge is 0.301 e. The number of ether oxygens (including phenoxy) is 1. The second kappa shape index (κ2) is 8.63. The Morgan fingerprint density at radius 3 is 2.34 bits per heavy atom. The summed E-state index contributed by atoms with van der Waals surface area (Å²) in [6.07, 6.45) is 0.00286. The van der Waals surface area contributed by atoms with Crippen LogP contribution in [0.3, 0.4) is 0 Å². The zero-order valence-electron chi connectivity index (χ0n) is 17.7. The number of carbonyl (C=O) groups is 2. The van der Waals surface area contributed by atoms with E-state index in [4.69, 9.17) is 9.26 Å². The van der Waals surface area contributed by atoms with Crippen molar-refractivity contribution in [3.63, 3.8) is 0 Å². The predicted octanol–water partition coefficient (Wildman–Crippen LogP) is 5.16. The van der Waals surface area contributed by atoms with Crippen molar-refractivity contribution < 1.29 is 24.0 Å². The molecule has 0 aliphatic carbocycles. The molecule has 1 atom stereocenters. The van der Waals surface area contributed by atoms with Crippen LogP contribution in [-0.2, 0) is 9.59 Å². The number of hydrogen-bond donors (Lipinski definition) is 1. The fraction of sp³-hybridized carbons (Fsp3) is 0.208. The zero-order chi connectivity index (χ0) is 23.0. The quantitative estimate of drug-likeness (QED) is 0.298. The summed E-state index contributed by atoms with van der Waals surface area (Å²) in [6, 6.07) is 14.6. The number of anilines is 1. The van der Waals surface area contributed by atoms with Crippen molar-refractivity contribution in [2.75, 3.05) is 4.90 Å². The molecule has 0 radical (unpaired) electrons. The van der Waals surface area contributed by atoms with E-state index in [-0.39, 0.29) is 23.3 Å². The molecule has 1 amide bonds. The van der Waals surface area contributed by atoms with Gasteiger partial charge in [-0.1, -0.05) is 33.2 Å². The Morgan fingerprint density at radius 1 is 1.12 bits per heavy atom. The number of halogens is 1. The van der Waals surface area contributed by atoms with Gasteiger partial charge in [0.05, 0.1) is 17.7 Å². The van der Waals surface area contributed by atoms with Crippen molar-refractivity contribution in [3.8, 4) is 5.75 Å². The fourth-order valence-corrected chi connectivity index (χ4v) is 3.88. The highest BCUT2D eigenvalue weighted by atomic mass is 79.9. The van der Waals surface area contributed by atoms with Crippen molar-refractivity contribution >= 4 is 39.2 Å². The Bertz CT molecular complexity index is 1200. The summed E-state index contributed by atoms with van der Waals surface area (Å²) in [7, 11) is 0. The third-order valence-electron chi connectivity index (χ3n) is 4.99. The molecule has 1 aliphatic rings. The van der Waals surface area contributed by atoms with Crippen molar-refractivity contribution in [1.29, 1.82) is 0 Å². The van der Waals surface area contributed by atoms with E-state index >= 15 is 0 Å². The third kappa shape index (κ3) is 4.05. The molecule has 1 N–H and O–H groups in total. The van der Waals surface area contributed by atoms with Crippen LogP contribution in [0.4, 0.5) is 5.82 Å². The van der Waals surface area contributed by atoms with Crippen LogP contribution in [0, 0.1) is 6.92 Å². The van der Waals surface area contributed by atoms with Crippen molar-refractivity contribution in [2.45, 2.75) is 32.9 Å². The molecule has 8 heteroatoms. The van der Waals surface area contributed by atoms with E-state index in [1.165, 1.54) is 4.90 Å². The van der Waals surface area contributed by atoms with Crippen LogP contribution in [-0.4, -0.2) is 28.1 Å². The number of Topliss-reactive ketones (excluding diaryl/α,β-unsaturated/α-hetero) is 1. The van der Waals surface area contributed by atoms with Crippen LogP contribution < -0.4 is 9.64 Å². The minimum Gasteiger partial charge on any atom is -0.507 e. The third-order valence-corrected chi connectivity index (χ3v) is 5.52. The van der Waals surface area contributed by atoms with Crippen molar-refractivity contribution in [1.82, 2.24) is 5.16 Å². The molecule has 4 rings (SSSR count). The predicted molar refractivity (Wildman–Crippen MR) is 122 cm³/mol. The van der Waals surface area contributed by atoms with Crippen LogP contribution in [0.15, 0.2) is 69.2 Å². The second-order valence-electron chi connectivity index (χ2n) is 7.71. The first-order chi connectivity index (χ1) is 15.3. The number of benzene rings is 2. The maximum absolute atomic E-state index is 13.1. The van der Waals surface area contributed by atoms with Gasteiger partial charge in [0.25, 0.3) is 5.78 Å². The molecule has 7 nitrogen and oxygen atoms in total. The van der Waals surface area contributed by atoms with Gasteiger partial charge in [0.2, 0.25) is 0 Å². The van der Waals surface area contributed by atoms with Crippen LogP contribution in [0.1, 0.15) is 36.8 Å². The molecule has 1 aromatic heterocycles. The van der Waals surface area contributed by atoms with Crippen LogP contribution in [0.25, 0.3) is 5.76 Å². The molecule has 1 saturated heterocycles. The highest BCUT2D eigenvalue weighted by Crippen LogP contribution is 2.42. The lowest BCUT2D eigenvalue weighted by atomic mass is 9.95. The lowest BCUT2D eigenvalue weighted by Gasteiger charge is -2.23. The van der Waals surface area contributed by atoms with E-state index in [1.54, 1.807) is 49.4 Å². The molecule has 3 aromatic rings. The van der Waals surface area contributed by atoms with Crippen LogP contribution in [0.2, 0.25) is 0 Å². The van der Waals surface area contributed by atoms with Gasteiger partial charge < -0.3 is 14.4 Å². The van der Waals surface area contributed by atoms with Gasteiger partial charge in [0.1, 0.15) is 17.3 Å². The van der Waals surface area contributed by atoms with Gasteiger partial charge in [-0.15, -0.1) is 0 Å². The number of aryl methyl sites for hydroxylation is 1. The Balaban J connectivity index is 1.85. The average Bonchev–Trinajstić information content (AvgIpc) is 3.29. The summed E-state index contributed by atoms with van der Waals surface area (Å²) in [6.45, 7) is 5.53. The van der Waals surface area contributed by atoms with Gasteiger partial charge in [-0.2, -0.15) is 0 Å². The number of aliphatic hydroxyl groups excluding tert-OH is 1. The van der Waals surface area contributed by atoms with E-state index in [9.17, 15) is 14.7 Å². The maximum atomic E-state index is 13.1. The molecule has 2 heterocycles. The van der Waals surface area contributed by atoms with Gasteiger partial charge >= 0.3 is 5.91 Å². The summed E-state index contributed by atoms with van der Waals surface area (Å²) >= 11 is 3.40. The summed E-state index contributed by atoms with van der Waals surface area (Å²) in [4.78, 5) is 27.3. The lowest BCUT2D eigenvalue weighted by Crippen LogP contribution is -2.29. The highest BCUT2D eigenvalue weighted by Gasteiger charge is 2.48. The van der Waals surface area contributed by atoms with E-state index in [1.807, 2.05) is 26.0 Å². The normalized spacial score (nSPS) is 17.9. The Morgan fingerprint density at radius 2 is 1.78 bits per heavy atom. The molecular weight excluding hydrogens is 476 g/mol. The molecule has 2 aromatic carbocycles. The number of aliphatic hydroxyl groups is 1. The zero-order valence-corrected chi connectivity index (χ0v) is 19.3. The van der Waals surface area contributed by atoms with Crippen LogP contribution >= 0.6 is 15.9 Å². The molecule has 1 aliphatic heterocycles. The fourth-order valence-electron chi connectivity index (χ4n) is 3.62. The number of amides is 1. The molecule has 1 unspecified atom stereocenters. The Hall–Kier alpha value is -3.39. The van der Waals surface area contributed by atoms with Crippen LogP contribution in [0.5, 0.6) is 5.75 Å². The van der Waals surface area contributed by atoms with Gasteiger partial charge in [-0.3, -0.25) is 14.5 Å². The average molecular weight is 497 g/mol. The molecule has 0 saturated carbocycles. The molecule has 1 fully saturated rings. The van der Waals surface area contributed by atoms with E-state index in [2.05, 4.69) is 21.1 Å². The number of nitrogens with zero attached hydrogens (tertiary/aromatic N) is 2. The standard InChI is InChI=1S/C24H21BrN2O5/c1-13(2)31-18-10-6-16(7-11-18)22(28)20-21(15-4-8-17(25)9-5-15)27(24(30)23(20)29)19-12-14(3)32-26-19/h4-13,21,28H,1-3H3/b22-20+. The number of aromatic nitrogens is 1. The molecule has 32 heavy (non-hydrogen) atoms. The number of carbonyl (C=O) groups excluding carboxylic acids is 2. The van der Waals surface area contributed by atoms with Gasteiger partial charge in [-0.05, 0) is 62.7 Å². The molecule has 164 valence electrons. The Kier molecular flexibility index (Phi) is 5.88. The van der Waals surface area contributed by atoms with E-state index in [0.29, 0.717) is 22.6 Å². The largest absolute Gasteiger partial charge is 0.507 e. The first kappa shape index (κ1) is 21.8. The first-order valence-electron chi connectivity index (χ1n) is 10.0. The van der Waals surface area contributed by atoms with E-state index < -0.39 is 17.7 Å². The number of hydrogen-bond acceptors (Lipinski definition) is 6. The first-order valence-corrected chi connectivity index (χ1v) is 10.8. The molecule has 0 spiro atoms. The number of ketones is 1. The summed E-state index contributed by atoms with van der Waals surface area (Å²) in [5.41, 5.74) is 1.03. The lowest BCUT2D eigenvalue weighted by molar-refractivity contribution is -0.132. The molecular formula is C24H21BrN2O5. The Labute approximate surface area is 193 Å². The minimum absolute atomic E-state index is 0.00286. The van der Waals surface area contributed by atoms with Crippen molar-refractivity contribution in [2.24, 2.45) is 0 Å². The van der Waals surface area contributed by atoms with Gasteiger partial charge in [-0.25, -0.2) is 0 Å². The SMILES string of the molecule is Cc1cc(N2C(=O)C(=O)/C(=C(/O)c3ccc(OC(C)C)cc3)C2c2ccc(Br)cc2)no1. The maximum Gasteiger partial charge on any atom is 0.301 e. The minimum atomic E-state index is -0.862. The summed E-state index contributed by atoms with van der Waals surface area (Å²) < 4.78 is 11.6. The summed E-state index contributed by atoms with van der Waals surface area (Å²) in [5, 5.41) is 15.1. The van der Waals surface area contributed by atoms with Crippen molar-refractivity contribution in [3.05, 3.63) is 81.5 Å². The highest BCUT2D eigenvalue weighted by molar-refractivity contribution is 9.10. The monoisotopic (exact) mass is 496 g/mol. The van der Waals surface area contributed by atoms with Gasteiger partial charge in [0.15, 0.2) is 5.82 Å². The molecule has 0 bridgehead atoms.